The van der Waals surface area contributed by atoms with Crippen molar-refractivity contribution in [2.24, 2.45) is 0 Å². The molecule has 5 nitrogen and oxygen atoms in total. The standard InChI is InChI=1S/C18H18FN3O2/c1-18(17(24)21-12-13-4-3-8-20-11-13)7-9-22(18)16(23)14-5-2-6-15(19)10-14/h2-6,8,10-11H,7,9,12H2,1H3,(H,21,24). The van der Waals surface area contributed by atoms with E-state index in [2.05, 4.69) is 10.3 Å². The predicted molar refractivity (Wildman–Crippen MR) is 86.5 cm³/mol. The second-order valence-corrected chi connectivity index (χ2v) is 6.03. The van der Waals surface area contributed by atoms with E-state index in [4.69, 9.17) is 0 Å². The van der Waals surface area contributed by atoms with Crippen molar-refractivity contribution in [3.05, 3.63) is 65.7 Å². The van der Waals surface area contributed by atoms with Crippen LogP contribution in [-0.2, 0) is 11.3 Å². The summed E-state index contributed by atoms with van der Waals surface area (Å²) in [4.78, 5) is 30.6. The van der Waals surface area contributed by atoms with E-state index in [1.54, 1.807) is 31.5 Å². The zero-order chi connectivity index (χ0) is 17.2. The number of benzene rings is 1. The molecule has 3 rings (SSSR count). The third kappa shape index (κ3) is 2.99. The van der Waals surface area contributed by atoms with Crippen LogP contribution in [0.5, 0.6) is 0 Å². The van der Waals surface area contributed by atoms with Gasteiger partial charge in [-0.3, -0.25) is 14.6 Å². The first-order valence-electron chi connectivity index (χ1n) is 7.75. The molecule has 2 heterocycles. The van der Waals surface area contributed by atoms with Gasteiger partial charge >= 0.3 is 0 Å². The first-order valence-corrected chi connectivity index (χ1v) is 7.75. The topological polar surface area (TPSA) is 62.3 Å². The third-order valence-electron chi connectivity index (χ3n) is 4.40. The second kappa shape index (κ2) is 6.39. The molecule has 1 aliphatic heterocycles. The van der Waals surface area contributed by atoms with Gasteiger partial charge < -0.3 is 10.2 Å². The zero-order valence-corrected chi connectivity index (χ0v) is 13.3. The van der Waals surface area contributed by atoms with Gasteiger partial charge in [0.15, 0.2) is 0 Å². The van der Waals surface area contributed by atoms with E-state index in [1.165, 1.54) is 23.1 Å². The van der Waals surface area contributed by atoms with Gasteiger partial charge in [-0.15, -0.1) is 0 Å². The zero-order valence-electron chi connectivity index (χ0n) is 13.3. The molecule has 6 heteroatoms. The lowest BCUT2D eigenvalue weighted by atomic mass is 9.84. The number of carbonyl (C=O) groups excluding carboxylic acids is 2. The average molecular weight is 327 g/mol. The van der Waals surface area contributed by atoms with Crippen LogP contribution in [-0.4, -0.2) is 33.8 Å². The lowest BCUT2D eigenvalue weighted by Gasteiger charge is -2.49. The molecule has 1 aromatic heterocycles. The number of nitrogens with one attached hydrogen (secondary N) is 1. The Balaban J connectivity index is 1.68. The summed E-state index contributed by atoms with van der Waals surface area (Å²) in [6, 6.07) is 9.18. The van der Waals surface area contributed by atoms with Gasteiger partial charge in [-0.25, -0.2) is 4.39 Å². The number of hydrogen-bond donors (Lipinski definition) is 1. The van der Waals surface area contributed by atoms with Gasteiger partial charge in [-0.05, 0) is 43.2 Å². The van der Waals surface area contributed by atoms with E-state index in [1.807, 2.05) is 6.07 Å². The summed E-state index contributed by atoms with van der Waals surface area (Å²) >= 11 is 0. The van der Waals surface area contributed by atoms with Gasteiger partial charge in [0.25, 0.3) is 5.91 Å². The first kappa shape index (κ1) is 16.1. The lowest BCUT2D eigenvalue weighted by molar-refractivity contribution is -0.137. The number of hydrogen-bond acceptors (Lipinski definition) is 3. The van der Waals surface area contributed by atoms with Crippen molar-refractivity contribution in [3.8, 4) is 0 Å². The van der Waals surface area contributed by atoms with E-state index in [0.717, 1.165) is 5.56 Å². The van der Waals surface area contributed by atoms with Crippen molar-refractivity contribution in [2.45, 2.75) is 25.4 Å². The van der Waals surface area contributed by atoms with Crippen LogP contribution in [0.3, 0.4) is 0 Å². The molecule has 1 saturated heterocycles. The molecule has 0 radical (unpaired) electrons. The van der Waals surface area contributed by atoms with Crippen molar-refractivity contribution in [1.82, 2.24) is 15.2 Å². The molecule has 1 aliphatic rings. The Morgan fingerprint density at radius 3 is 2.79 bits per heavy atom. The van der Waals surface area contributed by atoms with E-state index in [9.17, 15) is 14.0 Å². The van der Waals surface area contributed by atoms with Crippen molar-refractivity contribution in [1.29, 1.82) is 0 Å². The van der Waals surface area contributed by atoms with Crippen molar-refractivity contribution in [3.63, 3.8) is 0 Å². The Labute approximate surface area is 139 Å². The van der Waals surface area contributed by atoms with Crippen LogP contribution >= 0.6 is 0 Å². The number of likely N-dealkylation sites (tertiary alicyclic amines) is 1. The number of aromatic nitrogens is 1. The second-order valence-electron chi connectivity index (χ2n) is 6.03. The molecule has 2 amide bonds. The Bertz CT molecular complexity index is 766. The minimum absolute atomic E-state index is 0.220. The molecule has 0 spiro atoms. The summed E-state index contributed by atoms with van der Waals surface area (Å²) in [7, 11) is 0. The maximum absolute atomic E-state index is 13.3. The third-order valence-corrected chi connectivity index (χ3v) is 4.40. The highest BCUT2D eigenvalue weighted by Gasteiger charge is 2.49. The molecule has 1 fully saturated rings. The molecular weight excluding hydrogens is 309 g/mol. The van der Waals surface area contributed by atoms with Gasteiger partial charge in [-0.1, -0.05) is 12.1 Å². The Morgan fingerprint density at radius 2 is 2.17 bits per heavy atom. The Morgan fingerprint density at radius 1 is 1.33 bits per heavy atom. The fourth-order valence-corrected chi connectivity index (χ4v) is 2.77. The van der Waals surface area contributed by atoms with Crippen molar-refractivity contribution in [2.75, 3.05) is 6.54 Å². The molecule has 1 unspecified atom stereocenters. The SMILES string of the molecule is CC1(C(=O)NCc2cccnc2)CCN1C(=O)c1cccc(F)c1. The summed E-state index contributed by atoms with van der Waals surface area (Å²) < 4.78 is 13.3. The highest BCUT2D eigenvalue weighted by molar-refractivity contribution is 6.00. The van der Waals surface area contributed by atoms with Gasteiger partial charge in [-0.2, -0.15) is 0 Å². The van der Waals surface area contributed by atoms with Crippen LogP contribution in [0.4, 0.5) is 4.39 Å². The molecule has 24 heavy (non-hydrogen) atoms. The normalized spacial score (nSPS) is 19.5. The highest BCUT2D eigenvalue weighted by Crippen LogP contribution is 2.32. The number of carbonyl (C=O) groups is 2. The van der Waals surface area contributed by atoms with E-state index >= 15 is 0 Å². The summed E-state index contributed by atoms with van der Waals surface area (Å²) in [5, 5.41) is 2.84. The van der Waals surface area contributed by atoms with Crippen LogP contribution < -0.4 is 5.32 Å². The van der Waals surface area contributed by atoms with Crippen LogP contribution in [0.2, 0.25) is 0 Å². The number of nitrogens with zero attached hydrogens (tertiary/aromatic N) is 2. The molecule has 0 saturated carbocycles. The maximum Gasteiger partial charge on any atom is 0.254 e. The summed E-state index contributed by atoms with van der Waals surface area (Å²) in [5.41, 5.74) is 0.226. The predicted octanol–water partition coefficient (Wildman–Crippen LogP) is 2.14. The van der Waals surface area contributed by atoms with Gasteiger partial charge in [0.2, 0.25) is 5.91 Å². The summed E-state index contributed by atoms with van der Waals surface area (Å²) in [6.07, 6.45) is 3.92. The first-order chi connectivity index (χ1) is 11.5. The average Bonchev–Trinajstić information content (AvgIpc) is 2.59. The fraction of sp³-hybridized carbons (Fsp3) is 0.278. The lowest BCUT2D eigenvalue weighted by Crippen LogP contribution is -2.67. The van der Waals surface area contributed by atoms with E-state index < -0.39 is 11.4 Å². The smallest absolute Gasteiger partial charge is 0.254 e. The van der Waals surface area contributed by atoms with Gasteiger partial charge in [0.1, 0.15) is 11.4 Å². The van der Waals surface area contributed by atoms with Gasteiger partial charge in [0, 0.05) is 31.0 Å². The van der Waals surface area contributed by atoms with E-state index in [0.29, 0.717) is 19.5 Å². The van der Waals surface area contributed by atoms with Crippen LogP contribution in [0.25, 0.3) is 0 Å². The highest BCUT2D eigenvalue weighted by atomic mass is 19.1. The van der Waals surface area contributed by atoms with Crippen LogP contribution in [0.15, 0.2) is 48.8 Å². The van der Waals surface area contributed by atoms with Crippen LogP contribution in [0.1, 0.15) is 29.3 Å². The summed E-state index contributed by atoms with van der Waals surface area (Å²) in [5.74, 6) is -1.02. The number of halogens is 1. The molecule has 1 aromatic carbocycles. The monoisotopic (exact) mass is 327 g/mol. The molecule has 0 aliphatic carbocycles. The van der Waals surface area contributed by atoms with Crippen molar-refractivity contribution < 1.29 is 14.0 Å². The molecule has 124 valence electrons. The Hall–Kier alpha value is -2.76. The molecule has 2 aromatic rings. The van der Waals surface area contributed by atoms with Crippen molar-refractivity contribution >= 4 is 11.8 Å². The molecule has 0 bridgehead atoms. The fourth-order valence-electron chi connectivity index (χ4n) is 2.77. The van der Waals surface area contributed by atoms with Gasteiger partial charge in [0.05, 0.1) is 0 Å². The molecule has 1 N–H and O–H groups in total. The minimum atomic E-state index is -0.911. The quantitative estimate of drug-likeness (QED) is 0.936. The number of pyridine rings is 1. The maximum atomic E-state index is 13.3. The van der Waals surface area contributed by atoms with E-state index in [-0.39, 0.29) is 17.4 Å². The minimum Gasteiger partial charge on any atom is -0.350 e. The van der Waals surface area contributed by atoms with Crippen LogP contribution in [0, 0.1) is 5.82 Å². The largest absolute Gasteiger partial charge is 0.350 e. The number of amides is 2. The summed E-state index contributed by atoms with van der Waals surface area (Å²) in [6.45, 7) is 2.56. The Kier molecular flexibility index (Phi) is 4.29. The number of rotatable bonds is 4. The molecular formula is C18H18FN3O2. The molecule has 1 atom stereocenters.